The molecule has 0 bridgehead atoms. The first-order valence-electron chi connectivity index (χ1n) is 8.63. The van der Waals surface area contributed by atoms with Crippen LogP contribution >= 0.6 is 15.9 Å². The summed E-state index contributed by atoms with van der Waals surface area (Å²) in [7, 11) is -2.37. The topological polar surface area (TPSA) is 84.5 Å². The van der Waals surface area contributed by atoms with Crippen LogP contribution in [0.25, 0.3) is 0 Å². The molecule has 0 atom stereocenters. The lowest BCUT2D eigenvalue weighted by atomic mass is 10.1. The number of halogens is 1. The third-order valence-electron chi connectivity index (χ3n) is 4.20. The SMILES string of the molecule is COc1ccc(S(=O)(=O)Nc2ccccc2C(=O)Nc2ccc(Br)c(C)c2)cc1. The molecular formula is C21H19BrN2O4S. The van der Waals surface area contributed by atoms with Crippen molar-refractivity contribution < 1.29 is 17.9 Å². The molecule has 0 heterocycles. The van der Waals surface area contributed by atoms with Gasteiger partial charge in [0.25, 0.3) is 15.9 Å². The van der Waals surface area contributed by atoms with Crippen molar-refractivity contribution in [3.63, 3.8) is 0 Å². The number of para-hydroxylation sites is 1. The molecule has 0 saturated heterocycles. The number of anilines is 2. The Labute approximate surface area is 178 Å². The molecule has 0 saturated carbocycles. The minimum Gasteiger partial charge on any atom is -0.497 e. The fraction of sp³-hybridized carbons (Fsp3) is 0.0952. The average Bonchev–Trinajstić information content (AvgIpc) is 2.71. The van der Waals surface area contributed by atoms with E-state index in [4.69, 9.17) is 4.74 Å². The molecule has 1 amide bonds. The standard InChI is InChI=1S/C21H19BrN2O4S/c1-14-13-15(7-12-19(14)22)23-21(25)18-5-3-4-6-20(18)24-29(26,27)17-10-8-16(28-2)9-11-17/h3-13,24H,1-2H3,(H,23,25). The highest BCUT2D eigenvalue weighted by atomic mass is 79.9. The third kappa shape index (κ3) is 4.96. The number of carbonyl (C=O) groups is 1. The average molecular weight is 475 g/mol. The van der Waals surface area contributed by atoms with E-state index in [1.54, 1.807) is 42.5 Å². The van der Waals surface area contributed by atoms with Crippen LogP contribution in [-0.4, -0.2) is 21.4 Å². The Balaban J connectivity index is 1.85. The van der Waals surface area contributed by atoms with E-state index >= 15 is 0 Å². The van der Waals surface area contributed by atoms with Gasteiger partial charge in [-0.2, -0.15) is 0 Å². The molecule has 0 unspecified atom stereocenters. The van der Waals surface area contributed by atoms with Crippen molar-refractivity contribution in [1.29, 1.82) is 0 Å². The number of methoxy groups -OCH3 is 1. The van der Waals surface area contributed by atoms with E-state index in [2.05, 4.69) is 26.0 Å². The first-order valence-corrected chi connectivity index (χ1v) is 10.9. The number of rotatable bonds is 6. The second kappa shape index (κ2) is 8.67. The van der Waals surface area contributed by atoms with Crippen LogP contribution in [0.15, 0.2) is 76.1 Å². The van der Waals surface area contributed by atoms with Gasteiger partial charge >= 0.3 is 0 Å². The van der Waals surface area contributed by atoms with Crippen LogP contribution in [0, 0.1) is 6.92 Å². The maximum Gasteiger partial charge on any atom is 0.261 e. The first kappa shape index (κ1) is 20.9. The lowest BCUT2D eigenvalue weighted by molar-refractivity contribution is 0.102. The van der Waals surface area contributed by atoms with E-state index < -0.39 is 15.9 Å². The Morgan fingerprint density at radius 2 is 1.69 bits per heavy atom. The summed E-state index contributed by atoms with van der Waals surface area (Å²) in [5.41, 5.74) is 1.99. The molecule has 0 aliphatic rings. The van der Waals surface area contributed by atoms with Crippen LogP contribution in [-0.2, 0) is 10.0 Å². The number of carbonyl (C=O) groups excluding carboxylic acids is 1. The Morgan fingerprint density at radius 3 is 2.34 bits per heavy atom. The molecule has 8 heteroatoms. The van der Waals surface area contributed by atoms with E-state index in [1.165, 1.54) is 19.2 Å². The van der Waals surface area contributed by atoms with Crippen LogP contribution in [0.2, 0.25) is 0 Å². The zero-order valence-corrected chi connectivity index (χ0v) is 18.2. The molecule has 6 nitrogen and oxygen atoms in total. The second-order valence-corrected chi connectivity index (χ2v) is 8.78. The van der Waals surface area contributed by atoms with Crippen molar-refractivity contribution in [3.8, 4) is 5.75 Å². The van der Waals surface area contributed by atoms with E-state index in [-0.39, 0.29) is 16.1 Å². The van der Waals surface area contributed by atoms with Gasteiger partial charge in [0.15, 0.2) is 0 Å². The van der Waals surface area contributed by atoms with E-state index in [9.17, 15) is 13.2 Å². The summed E-state index contributed by atoms with van der Waals surface area (Å²) in [6, 6.07) is 17.9. The number of amides is 1. The van der Waals surface area contributed by atoms with E-state index in [0.717, 1.165) is 10.0 Å². The number of aryl methyl sites for hydroxylation is 1. The Morgan fingerprint density at radius 1 is 1.00 bits per heavy atom. The molecular weight excluding hydrogens is 456 g/mol. The van der Waals surface area contributed by atoms with Gasteiger partial charge in [-0.15, -0.1) is 0 Å². The summed E-state index contributed by atoms with van der Waals surface area (Å²) in [6.45, 7) is 1.91. The van der Waals surface area contributed by atoms with Gasteiger partial charge in [0.1, 0.15) is 5.75 Å². The van der Waals surface area contributed by atoms with E-state index in [1.807, 2.05) is 19.1 Å². The molecule has 3 aromatic rings. The summed E-state index contributed by atoms with van der Waals surface area (Å²) in [6.07, 6.45) is 0. The molecule has 29 heavy (non-hydrogen) atoms. The number of benzene rings is 3. The summed E-state index contributed by atoms with van der Waals surface area (Å²) >= 11 is 3.42. The molecule has 0 aliphatic carbocycles. The highest BCUT2D eigenvalue weighted by molar-refractivity contribution is 9.10. The van der Waals surface area contributed by atoms with Gasteiger partial charge in [0, 0.05) is 10.2 Å². The molecule has 0 spiro atoms. The van der Waals surface area contributed by atoms with Gasteiger partial charge < -0.3 is 10.1 Å². The fourth-order valence-corrected chi connectivity index (χ4v) is 3.98. The molecule has 2 N–H and O–H groups in total. The highest BCUT2D eigenvalue weighted by Gasteiger charge is 2.19. The zero-order chi connectivity index (χ0) is 21.0. The van der Waals surface area contributed by atoms with Crippen molar-refractivity contribution in [3.05, 3.63) is 82.3 Å². The molecule has 0 radical (unpaired) electrons. The van der Waals surface area contributed by atoms with Crippen molar-refractivity contribution in [2.24, 2.45) is 0 Å². The smallest absolute Gasteiger partial charge is 0.261 e. The van der Waals surface area contributed by atoms with Crippen molar-refractivity contribution in [2.45, 2.75) is 11.8 Å². The van der Waals surface area contributed by atoms with Crippen molar-refractivity contribution in [1.82, 2.24) is 0 Å². The molecule has 3 rings (SSSR count). The predicted molar refractivity (Wildman–Crippen MR) is 117 cm³/mol. The maximum absolute atomic E-state index is 12.8. The number of nitrogens with one attached hydrogen (secondary N) is 2. The van der Waals surface area contributed by atoms with Crippen LogP contribution in [0.3, 0.4) is 0 Å². The fourth-order valence-electron chi connectivity index (χ4n) is 2.65. The molecule has 3 aromatic carbocycles. The maximum atomic E-state index is 12.8. The number of ether oxygens (including phenoxy) is 1. The molecule has 0 fully saturated rings. The molecule has 150 valence electrons. The van der Waals surface area contributed by atoms with Gasteiger partial charge in [0.05, 0.1) is 23.3 Å². The Kier molecular flexibility index (Phi) is 6.24. The second-order valence-electron chi connectivity index (χ2n) is 6.24. The van der Waals surface area contributed by atoms with Crippen LogP contribution < -0.4 is 14.8 Å². The van der Waals surface area contributed by atoms with Gasteiger partial charge in [0.2, 0.25) is 0 Å². The van der Waals surface area contributed by atoms with Crippen LogP contribution in [0.5, 0.6) is 5.75 Å². The van der Waals surface area contributed by atoms with Crippen molar-refractivity contribution in [2.75, 3.05) is 17.1 Å². The highest BCUT2D eigenvalue weighted by Crippen LogP contribution is 2.24. The third-order valence-corrected chi connectivity index (χ3v) is 6.47. The summed E-state index contributed by atoms with van der Waals surface area (Å²) in [4.78, 5) is 12.8. The van der Waals surface area contributed by atoms with Gasteiger partial charge in [-0.1, -0.05) is 28.1 Å². The quantitative estimate of drug-likeness (QED) is 0.536. The van der Waals surface area contributed by atoms with Crippen LogP contribution in [0.1, 0.15) is 15.9 Å². The van der Waals surface area contributed by atoms with Gasteiger partial charge in [-0.05, 0) is 67.1 Å². The summed E-state index contributed by atoms with van der Waals surface area (Å²) in [5.74, 6) is 0.133. The monoisotopic (exact) mass is 474 g/mol. The minimum atomic E-state index is -3.87. The predicted octanol–water partition coefficient (Wildman–Crippen LogP) is 4.82. The van der Waals surface area contributed by atoms with Crippen molar-refractivity contribution >= 4 is 43.2 Å². The summed E-state index contributed by atoms with van der Waals surface area (Å²) in [5, 5.41) is 2.80. The van der Waals surface area contributed by atoms with Gasteiger partial charge in [-0.3, -0.25) is 9.52 Å². The molecule has 0 aromatic heterocycles. The Bertz CT molecular complexity index is 1150. The van der Waals surface area contributed by atoms with E-state index in [0.29, 0.717) is 11.4 Å². The normalized spacial score (nSPS) is 11.0. The Hall–Kier alpha value is -2.84. The minimum absolute atomic E-state index is 0.0667. The van der Waals surface area contributed by atoms with Gasteiger partial charge in [-0.25, -0.2) is 8.42 Å². The number of hydrogen-bond donors (Lipinski definition) is 2. The first-order chi connectivity index (χ1) is 13.8. The van der Waals surface area contributed by atoms with Crippen LogP contribution in [0.4, 0.5) is 11.4 Å². The lowest BCUT2D eigenvalue weighted by Crippen LogP contribution is -2.18. The number of sulfonamides is 1. The zero-order valence-electron chi connectivity index (χ0n) is 15.8. The largest absolute Gasteiger partial charge is 0.497 e. The summed E-state index contributed by atoms with van der Waals surface area (Å²) < 4.78 is 33.9. The molecule has 0 aliphatic heterocycles. The lowest BCUT2D eigenvalue weighted by Gasteiger charge is -2.13. The number of hydrogen-bond acceptors (Lipinski definition) is 4.